The first-order valence-corrected chi connectivity index (χ1v) is 16.5. The molecular formula is C32H34Cl2N4O5S. The Bertz CT molecular complexity index is 1540. The molecule has 2 aliphatic heterocycles. The SMILES string of the molecule is COC(=O)[C@@]12C[C@H]1C=CCCCCC[C@H](Nc1cc(Cl)cc(Cl)c1)C(=O)N1C[C@H](Oc3nc4ccccc4s3)C[C@H]1C(=O)N2. The van der Waals surface area contributed by atoms with Gasteiger partial charge in [-0.3, -0.25) is 9.59 Å². The number of benzene rings is 2. The topological polar surface area (TPSA) is 110 Å². The molecule has 2 fully saturated rings. The lowest BCUT2D eigenvalue weighted by Gasteiger charge is -2.30. The summed E-state index contributed by atoms with van der Waals surface area (Å²) in [6.07, 6.45) is 8.36. The molecule has 6 rings (SSSR count). The summed E-state index contributed by atoms with van der Waals surface area (Å²) in [7, 11) is 1.32. The van der Waals surface area contributed by atoms with Crippen molar-refractivity contribution >= 4 is 68.2 Å². The molecule has 2 aromatic carbocycles. The number of anilines is 1. The number of amides is 2. The fraction of sp³-hybridized carbons (Fsp3) is 0.438. The summed E-state index contributed by atoms with van der Waals surface area (Å²) in [5, 5.41) is 7.70. The molecule has 9 nitrogen and oxygen atoms in total. The van der Waals surface area contributed by atoms with Crippen LogP contribution in [0.2, 0.25) is 10.0 Å². The van der Waals surface area contributed by atoms with Crippen molar-refractivity contribution in [1.29, 1.82) is 0 Å². The normalized spacial score (nSPS) is 27.5. The van der Waals surface area contributed by atoms with Gasteiger partial charge in [0.05, 0.1) is 23.9 Å². The largest absolute Gasteiger partial charge is 0.467 e. The number of nitrogens with zero attached hydrogens (tertiary/aromatic N) is 2. The van der Waals surface area contributed by atoms with Gasteiger partial charge in [0.1, 0.15) is 23.7 Å². The number of fused-ring (bicyclic) bond motifs is 3. The van der Waals surface area contributed by atoms with Crippen LogP contribution in [0, 0.1) is 5.92 Å². The molecule has 2 amide bonds. The minimum atomic E-state index is -1.14. The molecule has 3 aliphatic rings. The zero-order chi connectivity index (χ0) is 30.8. The number of carbonyl (C=O) groups is 3. The Morgan fingerprint density at radius 3 is 2.70 bits per heavy atom. The summed E-state index contributed by atoms with van der Waals surface area (Å²) < 4.78 is 12.4. The van der Waals surface area contributed by atoms with E-state index in [0.29, 0.717) is 33.8 Å². The Morgan fingerprint density at radius 2 is 1.93 bits per heavy atom. The maximum atomic E-state index is 14.3. The number of carbonyl (C=O) groups excluding carboxylic acids is 3. The minimum Gasteiger partial charge on any atom is -0.467 e. The molecule has 12 heteroatoms. The van der Waals surface area contributed by atoms with Crippen molar-refractivity contribution in [2.45, 2.75) is 68.7 Å². The van der Waals surface area contributed by atoms with Gasteiger partial charge in [0.25, 0.3) is 5.19 Å². The highest BCUT2D eigenvalue weighted by Crippen LogP contribution is 2.46. The number of halogens is 2. The number of thiazole rings is 1. The van der Waals surface area contributed by atoms with E-state index in [1.165, 1.54) is 18.4 Å². The van der Waals surface area contributed by atoms with Crippen LogP contribution in [0.3, 0.4) is 0 Å². The van der Waals surface area contributed by atoms with E-state index in [-0.39, 0.29) is 24.8 Å². The third kappa shape index (κ3) is 6.53. The zero-order valence-corrected chi connectivity index (χ0v) is 26.6. The molecule has 0 unspecified atom stereocenters. The van der Waals surface area contributed by atoms with E-state index in [9.17, 15) is 14.4 Å². The fourth-order valence-corrected chi connectivity index (χ4v) is 7.61. The number of nitrogens with one attached hydrogen (secondary N) is 2. The highest BCUT2D eigenvalue weighted by molar-refractivity contribution is 7.20. The molecule has 232 valence electrons. The van der Waals surface area contributed by atoms with Gasteiger partial charge in [-0.05, 0) is 56.0 Å². The van der Waals surface area contributed by atoms with E-state index in [1.54, 1.807) is 23.1 Å². The van der Waals surface area contributed by atoms with Crippen LogP contribution in [0.1, 0.15) is 44.9 Å². The second kappa shape index (κ2) is 12.9. The Labute approximate surface area is 269 Å². The average Bonchev–Trinajstić information content (AvgIpc) is 3.31. The van der Waals surface area contributed by atoms with Crippen molar-refractivity contribution in [1.82, 2.24) is 15.2 Å². The van der Waals surface area contributed by atoms with Crippen LogP contribution >= 0.6 is 34.5 Å². The third-order valence-electron chi connectivity index (χ3n) is 8.53. The van der Waals surface area contributed by atoms with Gasteiger partial charge >= 0.3 is 5.97 Å². The van der Waals surface area contributed by atoms with Gasteiger partial charge in [-0.2, -0.15) is 0 Å². The van der Waals surface area contributed by atoms with E-state index in [0.717, 1.165) is 35.9 Å². The summed E-state index contributed by atoms with van der Waals surface area (Å²) in [5.41, 5.74) is 0.305. The van der Waals surface area contributed by atoms with E-state index in [4.69, 9.17) is 32.7 Å². The number of hydrogen-bond acceptors (Lipinski definition) is 8. The summed E-state index contributed by atoms with van der Waals surface area (Å²) in [5.74, 6) is -1.29. The number of esters is 1. The molecule has 0 spiro atoms. The number of para-hydroxylation sites is 1. The minimum absolute atomic E-state index is 0.161. The first kappa shape index (κ1) is 30.7. The Kier molecular flexibility index (Phi) is 9.03. The van der Waals surface area contributed by atoms with Crippen LogP contribution in [0.4, 0.5) is 5.69 Å². The fourth-order valence-electron chi connectivity index (χ4n) is 6.20. The molecule has 5 atom stereocenters. The lowest BCUT2D eigenvalue weighted by molar-refractivity contribution is -0.148. The number of methoxy groups -OCH3 is 1. The highest BCUT2D eigenvalue weighted by atomic mass is 35.5. The molecule has 0 bridgehead atoms. The van der Waals surface area contributed by atoms with Crippen molar-refractivity contribution in [3.8, 4) is 5.19 Å². The van der Waals surface area contributed by atoms with Gasteiger partial charge in [0.2, 0.25) is 11.8 Å². The second-order valence-electron chi connectivity index (χ2n) is 11.6. The van der Waals surface area contributed by atoms with Crippen LogP contribution in [0.25, 0.3) is 10.2 Å². The van der Waals surface area contributed by atoms with Crippen molar-refractivity contribution in [3.63, 3.8) is 0 Å². The summed E-state index contributed by atoms with van der Waals surface area (Å²) in [6, 6.07) is 11.3. The molecule has 1 saturated carbocycles. The van der Waals surface area contributed by atoms with Gasteiger partial charge in [0.15, 0.2) is 0 Å². The van der Waals surface area contributed by atoms with Gasteiger partial charge in [-0.25, -0.2) is 9.78 Å². The molecule has 44 heavy (non-hydrogen) atoms. The third-order valence-corrected chi connectivity index (χ3v) is 9.90. The molecule has 1 aliphatic carbocycles. The number of allylic oxidation sites excluding steroid dienone is 1. The van der Waals surface area contributed by atoms with Gasteiger partial charge < -0.3 is 25.0 Å². The summed E-state index contributed by atoms with van der Waals surface area (Å²) >= 11 is 13.9. The van der Waals surface area contributed by atoms with E-state index in [1.807, 2.05) is 30.3 Å². The van der Waals surface area contributed by atoms with Crippen LogP contribution in [-0.2, 0) is 19.1 Å². The quantitative estimate of drug-likeness (QED) is 0.256. The zero-order valence-electron chi connectivity index (χ0n) is 24.3. The van der Waals surface area contributed by atoms with Crippen molar-refractivity contribution in [3.05, 3.63) is 64.7 Å². The number of hydrogen-bond donors (Lipinski definition) is 2. The van der Waals surface area contributed by atoms with Crippen molar-refractivity contribution in [2.24, 2.45) is 5.92 Å². The van der Waals surface area contributed by atoms with Crippen LogP contribution < -0.4 is 15.4 Å². The Morgan fingerprint density at radius 1 is 1.14 bits per heavy atom. The lowest BCUT2D eigenvalue weighted by Crippen LogP contribution is -2.55. The van der Waals surface area contributed by atoms with Crippen molar-refractivity contribution in [2.75, 3.05) is 19.0 Å². The predicted octanol–water partition coefficient (Wildman–Crippen LogP) is 6.00. The maximum absolute atomic E-state index is 14.3. The van der Waals surface area contributed by atoms with Crippen LogP contribution in [-0.4, -0.2) is 65.0 Å². The predicted molar refractivity (Wildman–Crippen MR) is 171 cm³/mol. The molecular weight excluding hydrogens is 623 g/mol. The number of rotatable bonds is 5. The molecule has 1 aromatic heterocycles. The van der Waals surface area contributed by atoms with E-state index < -0.39 is 35.6 Å². The van der Waals surface area contributed by atoms with Gasteiger partial charge in [-0.15, -0.1) is 0 Å². The molecule has 0 radical (unpaired) electrons. The Balaban J connectivity index is 1.30. The first-order valence-electron chi connectivity index (χ1n) is 14.9. The molecule has 3 aromatic rings. The average molecular weight is 658 g/mol. The first-order chi connectivity index (χ1) is 21.3. The lowest BCUT2D eigenvalue weighted by atomic mass is 10.0. The smallest absolute Gasteiger partial charge is 0.332 e. The molecule has 1 saturated heterocycles. The molecule has 3 heterocycles. The summed E-state index contributed by atoms with van der Waals surface area (Å²) in [6.45, 7) is 0.190. The molecule has 2 N–H and O–H groups in total. The van der Waals surface area contributed by atoms with E-state index in [2.05, 4.69) is 21.7 Å². The van der Waals surface area contributed by atoms with Crippen LogP contribution in [0.5, 0.6) is 5.19 Å². The van der Waals surface area contributed by atoms with Crippen LogP contribution in [0.15, 0.2) is 54.6 Å². The van der Waals surface area contributed by atoms with E-state index >= 15 is 0 Å². The van der Waals surface area contributed by atoms with Gasteiger partial charge in [-0.1, -0.05) is 71.7 Å². The summed E-state index contributed by atoms with van der Waals surface area (Å²) in [4.78, 5) is 47.4. The standard InChI is InChI=1S/C32H34Cl2N4O5S/c1-42-30(41)32-17-19(32)9-5-3-2-4-6-11-25(35-22-14-20(33)13-21(34)15-22)29(40)38-18-23(16-26(38)28(39)37-32)43-31-36-24-10-7-8-12-27(24)44-31/h5,7-10,12-15,19,23,25-26,35H,2-4,6,11,16-18H2,1H3,(H,37,39)/t19-,23-,25+,26+,32-/m1/s1. The van der Waals surface area contributed by atoms with Crippen molar-refractivity contribution < 1.29 is 23.9 Å². The number of aromatic nitrogens is 1. The second-order valence-corrected chi connectivity index (χ2v) is 13.5. The highest BCUT2D eigenvalue weighted by Gasteiger charge is 2.62. The Hall–Kier alpha value is -3.34. The van der Waals surface area contributed by atoms with Gasteiger partial charge in [0, 0.05) is 28.1 Å². The monoisotopic (exact) mass is 656 g/mol. The maximum Gasteiger partial charge on any atom is 0.332 e. The number of ether oxygens (including phenoxy) is 2.